The van der Waals surface area contributed by atoms with Gasteiger partial charge in [0.15, 0.2) is 6.10 Å². The first-order chi connectivity index (χ1) is 16.6. The summed E-state index contributed by atoms with van der Waals surface area (Å²) < 4.78 is 11.3. The van der Waals surface area contributed by atoms with Crippen molar-refractivity contribution in [2.24, 2.45) is 5.92 Å². The predicted octanol–water partition coefficient (Wildman–Crippen LogP) is 5.70. The molecule has 0 saturated carbocycles. The summed E-state index contributed by atoms with van der Waals surface area (Å²) in [4.78, 5) is 26.1. The van der Waals surface area contributed by atoms with E-state index in [0.717, 1.165) is 19.3 Å². The van der Waals surface area contributed by atoms with Crippen LogP contribution in [0.4, 0.5) is 0 Å². The van der Waals surface area contributed by atoms with Crippen LogP contribution in [-0.4, -0.2) is 18.0 Å². The Bertz CT molecular complexity index is 1230. The molecule has 3 aromatic carbocycles. The molecule has 2 atom stereocenters. The molecule has 0 N–H and O–H groups in total. The van der Waals surface area contributed by atoms with Crippen molar-refractivity contribution < 1.29 is 19.1 Å². The molecule has 0 aromatic heterocycles. The Labute approximate surface area is 199 Å². The summed E-state index contributed by atoms with van der Waals surface area (Å²) in [6.07, 6.45) is 4.19. The highest BCUT2D eigenvalue weighted by Crippen LogP contribution is 2.55. The van der Waals surface area contributed by atoms with Crippen molar-refractivity contribution in [3.8, 4) is 5.75 Å². The Hall–Kier alpha value is -3.40. The van der Waals surface area contributed by atoms with Crippen LogP contribution in [0.5, 0.6) is 5.75 Å². The third-order valence-electron chi connectivity index (χ3n) is 7.77. The van der Waals surface area contributed by atoms with Crippen molar-refractivity contribution in [2.75, 3.05) is 0 Å². The lowest BCUT2D eigenvalue weighted by Gasteiger charge is -2.44. The van der Waals surface area contributed by atoms with Crippen molar-refractivity contribution in [3.63, 3.8) is 0 Å². The second-order valence-electron chi connectivity index (χ2n) is 9.77. The molecule has 2 unspecified atom stereocenters. The summed E-state index contributed by atoms with van der Waals surface area (Å²) in [7, 11) is 0. The standard InChI is InChI=1S/C30H28O4/c1-18(29(31)34-21-15-14-19-8-2-3-9-20(19)16-21)33-30(32)27-17-26-22-10-4-6-12-24(22)28(27)25-13-7-5-11-23(25)26/h4-7,10-16,18,26-28H,2-3,8-9,17H2,1H3. The van der Waals surface area contributed by atoms with E-state index in [1.807, 2.05) is 30.3 Å². The minimum Gasteiger partial charge on any atom is -0.450 e. The predicted molar refractivity (Wildman–Crippen MR) is 129 cm³/mol. The van der Waals surface area contributed by atoms with Crippen LogP contribution in [0.1, 0.15) is 71.4 Å². The van der Waals surface area contributed by atoms with E-state index in [9.17, 15) is 9.59 Å². The van der Waals surface area contributed by atoms with Gasteiger partial charge in [-0.2, -0.15) is 0 Å². The van der Waals surface area contributed by atoms with Crippen LogP contribution in [0, 0.1) is 5.92 Å². The molecule has 4 aliphatic carbocycles. The van der Waals surface area contributed by atoms with Crippen molar-refractivity contribution >= 4 is 11.9 Å². The van der Waals surface area contributed by atoms with Gasteiger partial charge >= 0.3 is 11.9 Å². The second kappa shape index (κ2) is 8.43. The van der Waals surface area contributed by atoms with E-state index in [2.05, 4.69) is 36.4 Å². The fourth-order valence-corrected chi connectivity index (χ4v) is 6.15. The molecule has 2 bridgehead atoms. The molecule has 0 heterocycles. The van der Waals surface area contributed by atoms with Crippen LogP contribution in [-0.2, 0) is 27.2 Å². The lowest BCUT2D eigenvalue weighted by atomic mass is 9.59. The molecule has 4 nitrogen and oxygen atoms in total. The van der Waals surface area contributed by atoms with Gasteiger partial charge in [0.05, 0.1) is 5.92 Å². The van der Waals surface area contributed by atoms with E-state index in [-0.39, 0.29) is 23.7 Å². The van der Waals surface area contributed by atoms with Gasteiger partial charge in [0.25, 0.3) is 0 Å². The molecule has 172 valence electrons. The number of rotatable bonds is 4. The van der Waals surface area contributed by atoms with Gasteiger partial charge in [-0.05, 0) is 84.5 Å². The number of esters is 2. The molecule has 0 aliphatic heterocycles. The summed E-state index contributed by atoms with van der Waals surface area (Å²) in [6.45, 7) is 1.60. The Morgan fingerprint density at radius 3 is 2.12 bits per heavy atom. The van der Waals surface area contributed by atoms with Crippen LogP contribution in [0.3, 0.4) is 0 Å². The minimum atomic E-state index is -0.963. The molecule has 0 radical (unpaired) electrons. The first kappa shape index (κ1) is 21.2. The monoisotopic (exact) mass is 452 g/mol. The van der Waals surface area contributed by atoms with Gasteiger partial charge in [0, 0.05) is 11.8 Å². The van der Waals surface area contributed by atoms with Gasteiger partial charge < -0.3 is 9.47 Å². The third-order valence-corrected chi connectivity index (χ3v) is 7.77. The van der Waals surface area contributed by atoms with E-state index < -0.39 is 12.1 Å². The van der Waals surface area contributed by atoms with Gasteiger partial charge in [0.2, 0.25) is 0 Å². The molecule has 0 amide bonds. The number of ether oxygens (including phenoxy) is 2. The molecular weight excluding hydrogens is 424 g/mol. The van der Waals surface area contributed by atoms with Crippen LogP contribution >= 0.6 is 0 Å². The summed E-state index contributed by atoms with van der Waals surface area (Å²) >= 11 is 0. The maximum absolute atomic E-state index is 13.3. The van der Waals surface area contributed by atoms with E-state index >= 15 is 0 Å². The fraction of sp³-hybridized carbons (Fsp3) is 0.333. The van der Waals surface area contributed by atoms with E-state index in [4.69, 9.17) is 9.47 Å². The lowest BCUT2D eigenvalue weighted by molar-refractivity contribution is -0.165. The summed E-state index contributed by atoms with van der Waals surface area (Å²) in [5, 5.41) is 0. The Balaban J connectivity index is 1.19. The average molecular weight is 453 g/mol. The van der Waals surface area contributed by atoms with Gasteiger partial charge in [-0.15, -0.1) is 0 Å². The maximum atomic E-state index is 13.3. The van der Waals surface area contributed by atoms with Crippen LogP contribution in [0.25, 0.3) is 0 Å². The molecule has 0 spiro atoms. The quantitative estimate of drug-likeness (QED) is 0.376. The van der Waals surface area contributed by atoms with Gasteiger partial charge in [0.1, 0.15) is 5.75 Å². The molecule has 7 rings (SSSR count). The number of carbonyl (C=O) groups is 2. The van der Waals surface area contributed by atoms with E-state index in [0.29, 0.717) is 12.2 Å². The summed E-state index contributed by atoms with van der Waals surface area (Å²) in [6, 6.07) is 22.6. The summed E-state index contributed by atoms with van der Waals surface area (Å²) in [5.41, 5.74) is 7.58. The number of fused-ring (bicyclic) bond motifs is 2. The molecule has 3 aromatic rings. The minimum absolute atomic E-state index is 0.0474. The van der Waals surface area contributed by atoms with Crippen molar-refractivity contribution in [2.45, 2.75) is 57.0 Å². The Morgan fingerprint density at radius 2 is 1.44 bits per heavy atom. The number of aryl methyl sites for hydroxylation is 2. The van der Waals surface area contributed by atoms with E-state index in [1.165, 1.54) is 39.8 Å². The fourth-order valence-electron chi connectivity index (χ4n) is 6.15. The normalized spacial score (nSPS) is 22.7. The number of benzene rings is 3. The highest BCUT2D eigenvalue weighted by molar-refractivity contribution is 5.83. The van der Waals surface area contributed by atoms with Crippen LogP contribution in [0.15, 0.2) is 66.7 Å². The summed E-state index contributed by atoms with van der Waals surface area (Å²) in [5.74, 6) is -0.525. The van der Waals surface area contributed by atoms with Gasteiger partial charge in [-0.3, -0.25) is 4.79 Å². The average Bonchev–Trinajstić information content (AvgIpc) is 2.88. The van der Waals surface area contributed by atoms with Gasteiger partial charge in [-0.25, -0.2) is 4.79 Å². The zero-order valence-electron chi connectivity index (χ0n) is 19.3. The molecule has 4 aliphatic rings. The number of carbonyl (C=O) groups excluding carboxylic acids is 2. The molecule has 34 heavy (non-hydrogen) atoms. The first-order valence-electron chi connectivity index (χ1n) is 12.3. The number of hydrogen-bond acceptors (Lipinski definition) is 4. The largest absolute Gasteiger partial charge is 0.450 e. The Morgan fingerprint density at radius 1 is 0.824 bits per heavy atom. The zero-order valence-corrected chi connectivity index (χ0v) is 19.3. The smallest absolute Gasteiger partial charge is 0.352 e. The molecule has 0 saturated heterocycles. The second-order valence-corrected chi connectivity index (χ2v) is 9.77. The zero-order chi connectivity index (χ0) is 23.2. The highest BCUT2D eigenvalue weighted by Gasteiger charge is 2.47. The van der Waals surface area contributed by atoms with Crippen molar-refractivity contribution in [3.05, 3.63) is 100 Å². The topological polar surface area (TPSA) is 52.6 Å². The first-order valence-corrected chi connectivity index (χ1v) is 12.3. The van der Waals surface area contributed by atoms with Crippen molar-refractivity contribution in [1.29, 1.82) is 0 Å². The van der Waals surface area contributed by atoms with E-state index in [1.54, 1.807) is 6.92 Å². The lowest BCUT2D eigenvalue weighted by Crippen LogP contribution is -2.39. The highest BCUT2D eigenvalue weighted by atomic mass is 16.6. The van der Waals surface area contributed by atoms with Crippen molar-refractivity contribution in [1.82, 2.24) is 0 Å². The molecule has 0 fully saturated rings. The van der Waals surface area contributed by atoms with Crippen LogP contribution < -0.4 is 4.74 Å². The SMILES string of the molecule is CC(OC(=O)C1CC2c3ccccc3C1c1ccccc12)C(=O)Oc1ccc2c(c1)CCCC2. The molecular formula is C30H28O4. The third kappa shape index (κ3) is 3.53. The van der Waals surface area contributed by atoms with Gasteiger partial charge in [-0.1, -0.05) is 54.6 Å². The Kier molecular flexibility index (Phi) is 5.24. The maximum Gasteiger partial charge on any atom is 0.352 e. The number of hydrogen-bond donors (Lipinski definition) is 0. The van der Waals surface area contributed by atoms with Crippen LogP contribution in [0.2, 0.25) is 0 Å². The molecule has 4 heteroatoms.